The van der Waals surface area contributed by atoms with E-state index in [9.17, 15) is 0 Å². The predicted octanol–water partition coefficient (Wildman–Crippen LogP) is 12.3. The van der Waals surface area contributed by atoms with Gasteiger partial charge in [0.05, 0.1) is 22.1 Å². The van der Waals surface area contributed by atoms with E-state index in [0.29, 0.717) is 5.92 Å². The van der Waals surface area contributed by atoms with Gasteiger partial charge in [-0.1, -0.05) is 117 Å². The van der Waals surface area contributed by atoms with E-state index in [4.69, 9.17) is 0 Å². The standard InChI is InChI=1S/C45H34N2/c1-30(2)31-16-22-36(23-17-31)46-42-14-8-6-12-38(42)40-28-34(20-26-44(40)46)35-21-27-45-41(29-35)39-13-7-9-15-43(39)47(45)37-24-18-33(19-25-37)32-10-4-3-5-11-32/h3-30H,1-2H3. The highest BCUT2D eigenvalue weighted by atomic mass is 15.0. The molecule has 0 atom stereocenters. The van der Waals surface area contributed by atoms with E-state index >= 15 is 0 Å². The van der Waals surface area contributed by atoms with Gasteiger partial charge in [0.15, 0.2) is 0 Å². The molecule has 2 heterocycles. The summed E-state index contributed by atoms with van der Waals surface area (Å²) in [6, 6.07) is 60.0. The summed E-state index contributed by atoms with van der Waals surface area (Å²) < 4.78 is 4.79. The van der Waals surface area contributed by atoms with Crippen molar-refractivity contribution in [2.24, 2.45) is 0 Å². The van der Waals surface area contributed by atoms with Crippen molar-refractivity contribution in [1.29, 1.82) is 0 Å². The van der Waals surface area contributed by atoms with Gasteiger partial charge in [0.25, 0.3) is 0 Å². The lowest BCUT2D eigenvalue weighted by Crippen LogP contribution is -1.95. The lowest BCUT2D eigenvalue weighted by Gasteiger charge is -2.11. The Balaban J connectivity index is 1.17. The quantitative estimate of drug-likeness (QED) is 0.185. The Morgan fingerprint density at radius 1 is 0.340 bits per heavy atom. The molecule has 0 N–H and O–H groups in total. The Morgan fingerprint density at radius 2 is 0.745 bits per heavy atom. The van der Waals surface area contributed by atoms with Gasteiger partial charge in [0.2, 0.25) is 0 Å². The van der Waals surface area contributed by atoms with E-state index in [2.05, 4.69) is 187 Å². The molecule has 0 aliphatic rings. The summed E-state index contributed by atoms with van der Waals surface area (Å²) in [4.78, 5) is 0. The maximum Gasteiger partial charge on any atom is 0.0541 e. The lowest BCUT2D eigenvalue weighted by molar-refractivity contribution is 0.866. The summed E-state index contributed by atoms with van der Waals surface area (Å²) >= 11 is 0. The van der Waals surface area contributed by atoms with Gasteiger partial charge in [-0.3, -0.25) is 0 Å². The van der Waals surface area contributed by atoms with E-state index < -0.39 is 0 Å². The first-order valence-electron chi connectivity index (χ1n) is 16.5. The van der Waals surface area contributed by atoms with Crippen LogP contribution in [0.25, 0.3) is 77.2 Å². The first-order valence-corrected chi connectivity index (χ1v) is 16.5. The Kier molecular flexibility index (Phi) is 6.36. The summed E-state index contributed by atoms with van der Waals surface area (Å²) in [5.41, 5.74) is 13.5. The summed E-state index contributed by atoms with van der Waals surface area (Å²) in [6.45, 7) is 4.49. The predicted molar refractivity (Wildman–Crippen MR) is 200 cm³/mol. The number of aromatic nitrogens is 2. The molecule has 224 valence electrons. The third-order valence-corrected chi connectivity index (χ3v) is 9.73. The van der Waals surface area contributed by atoms with E-state index in [1.165, 1.54) is 82.8 Å². The molecule has 0 bridgehead atoms. The molecular formula is C45H34N2. The number of benzene rings is 7. The fourth-order valence-corrected chi connectivity index (χ4v) is 7.30. The number of fused-ring (bicyclic) bond motifs is 6. The third-order valence-electron chi connectivity index (χ3n) is 9.73. The van der Waals surface area contributed by atoms with Crippen molar-refractivity contribution in [3.8, 4) is 33.6 Å². The van der Waals surface area contributed by atoms with Crippen LogP contribution in [0.4, 0.5) is 0 Å². The number of rotatable bonds is 5. The smallest absolute Gasteiger partial charge is 0.0541 e. The molecule has 2 aromatic heterocycles. The molecule has 2 nitrogen and oxygen atoms in total. The molecule has 2 heteroatoms. The van der Waals surface area contributed by atoms with Crippen LogP contribution in [0.3, 0.4) is 0 Å². The highest BCUT2D eigenvalue weighted by Gasteiger charge is 2.16. The molecule has 9 rings (SSSR count). The fourth-order valence-electron chi connectivity index (χ4n) is 7.30. The number of nitrogens with zero attached hydrogens (tertiary/aromatic N) is 2. The van der Waals surface area contributed by atoms with Gasteiger partial charge in [-0.2, -0.15) is 0 Å². The largest absolute Gasteiger partial charge is 0.309 e. The van der Waals surface area contributed by atoms with Crippen LogP contribution in [-0.2, 0) is 0 Å². The average molecular weight is 603 g/mol. The second kappa shape index (κ2) is 10.9. The topological polar surface area (TPSA) is 9.86 Å². The van der Waals surface area contributed by atoms with Gasteiger partial charge < -0.3 is 9.13 Å². The molecular weight excluding hydrogens is 569 g/mol. The highest BCUT2D eigenvalue weighted by Crippen LogP contribution is 2.38. The maximum absolute atomic E-state index is 2.40. The molecule has 47 heavy (non-hydrogen) atoms. The van der Waals surface area contributed by atoms with Gasteiger partial charge in [-0.05, 0) is 94.4 Å². The van der Waals surface area contributed by atoms with Gasteiger partial charge in [-0.25, -0.2) is 0 Å². The Hall–Kier alpha value is -5.86. The molecule has 0 saturated carbocycles. The normalized spacial score (nSPS) is 11.8. The van der Waals surface area contributed by atoms with Crippen LogP contribution in [0.5, 0.6) is 0 Å². The Morgan fingerprint density at radius 3 is 1.26 bits per heavy atom. The third kappa shape index (κ3) is 4.48. The number of para-hydroxylation sites is 2. The van der Waals surface area contributed by atoms with Crippen molar-refractivity contribution < 1.29 is 0 Å². The molecule has 0 saturated heterocycles. The summed E-state index contributed by atoms with van der Waals surface area (Å²) in [5.74, 6) is 0.510. The first-order chi connectivity index (χ1) is 23.1. The number of hydrogen-bond donors (Lipinski definition) is 0. The Labute approximate surface area is 274 Å². The molecule has 0 spiro atoms. The van der Waals surface area contributed by atoms with Gasteiger partial charge in [0, 0.05) is 32.9 Å². The van der Waals surface area contributed by atoms with Crippen molar-refractivity contribution in [1.82, 2.24) is 9.13 Å². The monoisotopic (exact) mass is 602 g/mol. The van der Waals surface area contributed by atoms with E-state index in [1.807, 2.05) is 0 Å². The number of hydrogen-bond acceptors (Lipinski definition) is 0. The van der Waals surface area contributed by atoms with Crippen LogP contribution in [0.2, 0.25) is 0 Å². The summed E-state index contributed by atoms with van der Waals surface area (Å²) in [5, 5.41) is 5.07. The van der Waals surface area contributed by atoms with Gasteiger partial charge in [0.1, 0.15) is 0 Å². The van der Waals surface area contributed by atoms with Crippen LogP contribution in [-0.4, -0.2) is 9.13 Å². The molecule has 0 aliphatic carbocycles. The summed E-state index contributed by atoms with van der Waals surface area (Å²) in [7, 11) is 0. The van der Waals surface area contributed by atoms with Crippen LogP contribution in [0, 0.1) is 0 Å². The first kappa shape index (κ1) is 27.5. The Bertz CT molecular complexity index is 2560. The average Bonchev–Trinajstić information content (AvgIpc) is 3.64. The van der Waals surface area contributed by atoms with Crippen LogP contribution >= 0.6 is 0 Å². The lowest BCUT2D eigenvalue weighted by atomic mass is 10.0. The molecule has 0 radical (unpaired) electrons. The SMILES string of the molecule is CC(C)c1ccc(-n2c3ccccc3c3cc(-c4ccc5c(c4)c4ccccc4n5-c4ccc(-c5ccccc5)cc4)ccc32)cc1. The van der Waals surface area contributed by atoms with Gasteiger partial charge >= 0.3 is 0 Å². The zero-order valence-corrected chi connectivity index (χ0v) is 26.6. The molecule has 0 fully saturated rings. The van der Waals surface area contributed by atoms with Crippen LogP contribution in [0.15, 0.2) is 164 Å². The van der Waals surface area contributed by atoms with Crippen LogP contribution in [0.1, 0.15) is 25.3 Å². The van der Waals surface area contributed by atoms with E-state index in [0.717, 1.165) is 0 Å². The van der Waals surface area contributed by atoms with Gasteiger partial charge in [-0.15, -0.1) is 0 Å². The zero-order valence-electron chi connectivity index (χ0n) is 26.6. The molecule has 7 aromatic carbocycles. The molecule has 9 aromatic rings. The minimum absolute atomic E-state index is 0.510. The fraction of sp³-hybridized carbons (Fsp3) is 0.0667. The van der Waals surface area contributed by atoms with Crippen molar-refractivity contribution in [2.45, 2.75) is 19.8 Å². The van der Waals surface area contributed by atoms with Crippen molar-refractivity contribution in [3.05, 3.63) is 169 Å². The molecule has 0 amide bonds. The second-order valence-corrected chi connectivity index (χ2v) is 12.8. The summed E-state index contributed by atoms with van der Waals surface area (Å²) in [6.07, 6.45) is 0. The van der Waals surface area contributed by atoms with Crippen molar-refractivity contribution in [3.63, 3.8) is 0 Å². The van der Waals surface area contributed by atoms with Crippen LogP contribution < -0.4 is 0 Å². The van der Waals surface area contributed by atoms with Crippen molar-refractivity contribution >= 4 is 43.6 Å². The molecule has 0 unspecified atom stereocenters. The van der Waals surface area contributed by atoms with E-state index in [-0.39, 0.29) is 0 Å². The van der Waals surface area contributed by atoms with Crippen molar-refractivity contribution in [2.75, 3.05) is 0 Å². The van der Waals surface area contributed by atoms with E-state index in [1.54, 1.807) is 0 Å². The molecule has 0 aliphatic heterocycles. The minimum Gasteiger partial charge on any atom is -0.309 e. The second-order valence-electron chi connectivity index (χ2n) is 12.8. The minimum atomic E-state index is 0.510. The highest BCUT2D eigenvalue weighted by molar-refractivity contribution is 6.12. The zero-order chi connectivity index (χ0) is 31.5. The maximum atomic E-state index is 2.40.